The van der Waals surface area contributed by atoms with E-state index in [0.717, 1.165) is 10.6 Å². The summed E-state index contributed by atoms with van der Waals surface area (Å²) in [6, 6.07) is 0. The Morgan fingerprint density at radius 3 is 2.31 bits per heavy atom. The molecule has 0 saturated carbocycles. The second-order valence-electron chi connectivity index (χ2n) is 3.29. The third-order valence-electron chi connectivity index (χ3n) is 1.93. The van der Waals surface area contributed by atoms with Gasteiger partial charge in [0.2, 0.25) is 0 Å². The van der Waals surface area contributed by atoms with Crippen LogP contribution in [0.3, 0.4) is 0 Å². The third-order valence-corrected chi connectivity index (χ3v) is 2.85. The number of aryl methyl sites for hydroxylation is 1. The molecule has 0 fully saturated rings. The Bertz CT molecular complexity index is 375. The minimum absolute atomic E-state index is 0.288. The third kappa shape index (κ3) is 3.95. The Labute approximate surface area is 96.2 Å². The number of aromatic nitrogens is 1. The predicted octanol–water partition coefficient (Wildman–Crippen LogP) is 0.423. The maximum Gasteiger partial charge on any atom is 0.317 e. The van der Waals surface area contributed by atoms with E-state index in [1.165, 1.54) is 16.2 Å². The van der Waals surface area contributed by atoms with E-state index in [1.54, 1.807) is 5.51 Å². The van der Waals surface area contributed by atoms with E-state index < -0.39 is 11.9 Å². The van der Waals surface area contributed by atoms with Crippen LogP contribution in [0.15, 0.2) is 5.51 Å². The highest BCUT2D eigenvalue weighted by atomic mass is 32.1. The summed E-state index contributed by atoms with van der Waals surface area (Å²) < 4.78 is 0. The second-order valence-corrected chi connectivity index (χ2v) is 4.23. The van der Waals surface area contributed by atoms with Gasteiger partial charge in [-0.2, -0.15) is 0 Å². The number of carboxylic acid groups (broad SMARTS) is 2. The molecule has 1 aromatic rings. The smallest absolute Gasteiger partial charge is 0.317 e. The van der Waals surface area contributed by atoms with E-state index in [4.69, 9.17) is 10.2 Å². The fraction of sp³-hybridized carbons (Fsp3) is 0.444. The summed E-state index contributed by atoms with van der Waals surface area (Å²) in [5, 5.41) is 17.3. The zero-order valence-corrected chi connectivity index (χ0v) is 9.53. The van der Waals surface area contributed by atoms with Gasteiger partial charge in [0, 0.05) is 11.4 Å². The number of rotatable bonds is 6. The molecule has 0 saturated heterocycles. The van der Waals surface area contributed by atoms with Gasteiger partial charge >= 0.3 is 11.9 Å². The largest absolute Gasteiger partial charge is 0.480 e. The minimum Gasteiger partial charge on any atom is -0.480 e. The predicted molar refractivity (Wildman–Crippen MR) is 57.4 cm³/mol. The highest BCUT2D eigenvalue weighted by molar-refractivity contribution is 7.09. The lowest BCUT2D eigenvalue weighted by atomic mass is 10.3. The van der Waals surface area contributed by atoms with Crippen LogP contribution in [0.1, 0.15) is 10.6 Å². The van der Waals surface area contributed by atoms with Crippen LogP contribution in [0, 0.1) is 6.92 Å². The van der Waals surface area contributed by atoms with Gasteiger partial charge in [0.05, 0.1) is 24.3 Å². The maximum atomic E-state index is 10.6. The summed E-state index contributed by atoms with van der Waals surface area (Å²) in [7, 11) is 0. The van der Waals surface area contributed by atoms with Gasteiger partial charge in [-0.25, -0.2) is 4.98 Å². The van der Waals surface area contributed by atoms with Crippen molar-refractivity contribution >= 4 is 23.3 Å². The lowest BCUT2D eigenvalue weighted by Gasteiger charge is -2.16. The molecule has 7 heteroatoms. The number of nitrogens with zero attached hydrogens (tertiary/aromatic N) is 2. The molecule has 0 atom stereocenters. The molecule has 0 spiro atoms. The van der Waals surface area contributed by atoms with Crippen LogP contribution in [0.2, 0.25) is 0 Å². The van der Waals surface area contributed by atoms with Crippen molar-refractivity contribution in [3.05, 3.63) is 16.1 Å². The maximum absolute atomic E-state index is 10.6. The van der Waals surface area contributed by atoms with Crippen molar-refractivity contribution in [2.45, 2.75) is 13.5 Å². The van der Waals surface area contributed by atoms with Gasteiger partial charge in [-0.15, -0.1) is 11.3 Å². The average molecular weight is 244 g/mol. The van der Waals surface area contributed by atoms with Crippen LogP contribution in [-0.2, 0) is 16.1 Å². The van der Waals surface area contributed by atoms with Crippen molar-refractivity contribution in [3.8, 4) is 0 Å². The molecule has 2 N–H and O–H groups in total. The molecule has 16 heavy (non-hydrogen) atoms. The Hall–Kier alpha value is -1.47. The minimum atomic E-state index is -1.04. The Balaban J connectivity index is 2.66. The van der Waals surface area contributed by atoms with E-state index in [0.29, 0.717) is 6.54 Å². The molecular formula is C9H12N2O4S. The molecule has 1 rings (SSSR count). The van der Waals surface area contributed by atoms with Crippen molar-refractivity contribution in [2.24, 2.45) is 0 Å². The van der Waals surface area contributed by atoms with Gasteiger partial charge in [-0.1, -0.05) is 0 Å². The summed E-state index contributed by atoms with van der Waals surface area (Å²) in [5.41, 5.74) is 2.47. The van der Waals surface area contributed by atoms with Crippen LogP contribution in [0.25, 0.3) is 0 Å². The number of hydrogen-bond donors (Lipinski definition) is 2. The topological polar surface area (TPSA) is 90.7 Å². The van der Waals surface area contributed by atoms with E-state index >= 15 is 0 Å². The van der Waals surface area contributed by atoms with Gasteiger partial charge in [0.15, 0.2) is 0 Å². The molecule has 1 aromatic heterocycles. The lowest BCUT2D eigenvalue weighted by molar-refractivity contribution is -0.141. The number of aliphatic carboxylic acids is 2. The zero-order valence-electron chi connectivity index (χ0n) is 8.71. The Morgan fingerprint density at radius 1 is 1.38 bits per heavy atom. The van der Waals surface area contributed by atoms with Gasteiger partial charge in [-0.3, -0.25) is 14.5 Å². The van der Waals surface area contributed by atoms with Crippen LogP contribution >= 0.6 is 11.3 Å². The summed E-state index contributed by atoms with van der Waals surface area (Å²) in [5.74, 6) is -2.08. The summed E-state index contributed by atoms with van der Waals surface area (Å²) in [4.78, 5) is 27.4. The molecule has 1 heterocycles. The summed E-state index contributed by atoms with van der Waals surface area (Å²) in [6.07, 6.45) is 0. The van der Waals surface area contributed by atoms with Crippen molar-refractivity contribution in [1.29, 1.82) is 0 Å². The highest BCUT2D eigenvalue weighted by Crippen LogP contribution is 2.14. The van der Waals surface area contributed by atoms with Crippen molar-refractivity contribution in [1.82, 2.24) is 9.88 Å². The van der Waals surface area contributed by atoms with Crippen LogP contribution < -0.4 is 0 Å². The Morgan fingerprint density at radius 2 is 1.94 bits per heavy atom. The van der Waals surface area contributed by atoms with Crippen LogP contribution in [-0.4, -0.2) is 45.1 Å². The molecular weight excluding hydrogens is 232 g/mol. The number of hydrogen-bond acceptors (Lipinski definition) is 5. The molecule has 0 aliphatic carbocycles. The van der Waals surface area contributed by atoms with Gasteiger partial charge in [0.1, 0.15) is 0 Å². The molecule has 88 valence electrons. The second kappa shape index (κ2) is 5.57. The summed E-state index contributed by atoms with van der Waals surface area (Å²) in [6.45, 7) is 1.54. The Kier molecular flexibility index (Phi) is 4.39. The summed E-state index contributed by atoms with van der Waals surface area (Å²) >= 11 is 1.39. The van der Waals surface area contributed by atoms with E-state index in [9.17, 15) is 9.59 Å². The first-order valence-electron chi connectivity index (χ1n) is 4.54. The quantitative estimate of drug-likeness (QED) is 0.753. The van der Waals surface area contributed by atoms with Crippen molar-refractivity contribution < 1.29 is 19.8 Å². The van der Waals surface area contributed by atoms with Crippen molar-refractivity contribution in [2.75, 3.05) is 13.1 Å². The normalized spacial score (nSPS) is 10.6. The van der Waals surface area contributed by atoms with E-state index in [-0.39, 0.29) is 13.1 Å². The molecule has 0 aliphatic rings. The SMILES string of the molecule is Cc1ncsc1CN(CC(=O)O)CC(=O)O. The molecule has 0 amide bonds. The monoisotopic (exact) mass is 244 g/mol. The van der Waals surface area contributed by atoms with Crippen LogP contribution in [0.4, 0.5) is 0 Å². The van der Waals surface area contributed by atoms with Gasteiger partial charge in [-0.05, 0) is 6.92 Å². The van der Waals surface area contributed by atoms with Crippen LogP contribution in [0.5, 0.6) is 0 Å². The number of carboxylic acids is 2. The number of thiazole rings is 1. The first-order chi connectivity index (χ1) is 7.49. The van der Waals surface area contributed by atoms with Crippen molar-refractivity contribution in [3.63, 3.8) is 0 Å². The first kappa shape index (κ1) is 12.6. The first-order valence-corrected chi connectivity index (χ1v) is 5.42. The van der Waals surface area contributed by atoms with Gasteiger partial charge in [0.25, 0.3) is 0 Å². The van der Waals surface area contributed by atoms with Gasteiger partial charge < -0.3 is 10.2 Å². The van der Waals surface area contributed by atoms with E-state index in [2.05, 4.69) is 4.98 Å². The molecule has 0 aromatic carbocycles. The van der Waals surface area contributed by atoms with E-state index in [1.807, 2.05) is 6.92 Å². The highest BCUT2D eigenvalue weighted by Gasteiger charge is 2.15. The number of carbonyl (C=O) groups is 2. The zero-order chi connectivity index (χ0) is 12.1. The molecule has 0 unspecified atom stereocenters. The molecule has 0 aliphatic heterocycles. The lowest BCUT2D eigenvalue weighted by Crippen LogP contribution is -2.33. The fourth-order valence-electron chi connectivity index (χ4n) is 1.23. The standard InChI is InChI=1S/C9H12N2O4S/c1-6-7(16-5-10-6)2-11(3-8(12)13)4-9(14)15/h5H,2-4H2,1H3,(H,12,13)(H,14,15). The fourth-order valence-corrected chi connectivity index (χ4v) is 2.05. The average Bonchev–Trinajstić information content (AvgIpc) is 2.49. The molecule has 6 nitrogen and oxygen atoms in total. The molecule has 0 radical (unpaired) electrons. The molecule has 0 bridgehead atoms.